The fraction of sp³-hybridized carbons (Fsp3) is 0.400. The highest BCUT2D eigenvalue weighted by Gasteiger charge is 2.03. The highest BCUT2D eigenvalue weighted by molar-refractivity contribution is 5.86. The van der Waals surface area contributed by atoms with Gasteiger partial charge in [0.25, 0.3) is 0 Å². The number of aromatic nitrogens is 1. The molecule has 0 aromatic carbocycles. The number of carboxylic acid groups (broad SMARTS) is 1. The maximum Gasteiger partial charge on any atom is 0.354 e. The standard InChI is InChI=1S/C10H14N2O3/c13-6-2-1-4-11-8-3-5-12-9(7-8)10(14)15/h3,5,7,13H,1-2,4,6H2,(H,11,12)(H,14,15). The third kappa shape index (κ3) is 3.95. The second kappa shape index (κ2) is 5.98. The monoisotopic (exact) mass is 210 g/mol. The summed E-state index contributed by atoms with van der Waals surface area (Å²) in [5.41, 5.74) is 0.766. The number of carbonyl (C=O) groups is 1. The minimum absolute atomic E-state index is 0.0298. The van der Waals surface area contributed by atoms with Crippen molar-refractivity contribution in [2.45, 2.75) is 12.8 Å². The van der Waals surface area contributed by atoms with Gasteiger partial charge in [-0.3, -0.25) is 0 Å². The normalized spacial score (nSPS) is 9.93. The van der Waals surface area contributed by atoms with E-state index in [-0.39, 0.29) is 12.3 Å². The number of nitrogens with one attached hydrogen (secondary N) is 1. The molecule has 1 heterocycles. The van der Waals surface area contributed by atoms with Crippen LogP contribution in [0.1, 0.15) is 23.3 Å². The average molecular weight is 210 g/mol. The number of hydrogen-bond donors (Lipinski definition) is 3. The SMILES string of the molecule is O=C(O)c1cc(NCCCCO)ccn1. The maximum atomic E-state index is 10.6. The van der Waals surface area contributed by atoms with Crippen molar-refractivity contribution in [1.82, 2.24) is 4.98 Å². The van der Waals surface area contributed by atoms with Gasteiger partial charge in [-0.05, 0) is 25.0 Å². The van der Waals surface area contributed by atoms with Gasteiger partial charge >= 0.3 is 5.97 Å². The summed E-state index contributed by atoms with van der Waals surface area (Å²) in [4.78, 5) is 14.3. The van der Waals surface area contributed by atoms with Gasteiger partial charge in [-0.2, -0.15) is 0 Å². The predicted octanol–water partition coefficient (Wildman–Crippen LogP) is 0.964. The van der Waals surface area contributed by atoms with Gasteiger partial charge in [-0.15, -0.1) is 0 Å². The molecule has 0 atom stereocenters. The van der Waals surface area contributed by atoms with E-state index in [1.54, 1.807) is 6.07 Å². The van der Waals surface area contributed by atoms with E-state index in [1.807, 2.05) is 0 Å². The first-order chi connectivity index (χ1) is 7.24. The molecule has 0 aliphatic heterocycles. The number of unbranched alkanes of at least 4 members (excludes halogenated alkanes) is 1. The van der Waals surface area contributed by atoms with Crippen molar-refractivity contribution in [3.8, 4) is 0 Å². The zero-order valence-electron chi connectivity index (χ0n) is 8.31. The zero-order valence-corrected chi connectivity index (χ0v) is 8.31. The first-order valence-electron chi connectivity index (χ1n) is 4.78. The van der Waals surface area contributed by atoms with Crippen LogP contribution < -0.4 is 5.32 Å². The molecule has 82 valence electrons. The van der Waals surface area contributed by atoms with Crippen LogP contribution in [-0.2, 0) is 0 Å². The second-order valence-electron chi connectivity index (χ2n) is 3.09. The van der Waals surface area contributed by atoms with Gasteiger partial charge in [-0.1, -0.05) is 0 Å². The number of hydrogen-bond acceptors (Lipinski definition) is 4. The molecule has 0 unspecified atom stereocenters. The topological polar surface area (TPSA) is 82.5 Å². The van der Waals surface area contributed by atoms with Gasteiger partial charge in [0.15, 0.2) is 0 Å². The number of aromatic carboxylic acids is 1. The Bertz CT molecular complexity index is 328. The number of anilines is 1. The molecule has 0 fully saturated rings. The third-order valence-corrected chi connectivity index (χ3v) is 1.89. The number of nitrogens with zero attached hydrogens (tertiary/aromatic N) is 1. The molecule has 1 aromatic rings. The molecule has 0 spiro atoms. The molecule has 0 aliphatic carbocycles. The van der Waals surface area contributed by atoms with E-state index in [0.717, 1.165) is 18.5 Å². The average Bonchev–Trinajstić information content (AvgIpc) is 2.25. The van der Waals surface area contributed by atoms with E-state index in [9.17, 15) is 4.79 Å². The smallest absolute Gasteiger partial charge is 0.354 e. The quantitative estimate of drug-likeness (QED) is 0.609. The summed E-state index contributed by atoms with van der Waals surface area (Å²) in [5.74, 6) is -1.03. The van der Waals surface area contributed by atoms with E-state index in [0.29, 0.717) is 6.54 Å². The highest BCUT2D eigenvalue weighted by atomic mass is 16.4. The van der Waals surface area contributed by atoms with Crippen molar-refractivity contribution < 1.29 is 15.0 Å². The van der Waals surface area contributed by atoms with Crippen LogP contribution in [0.5, 0.6) is 0 Å². The molecule has 5 heteroatoms. The van der Waals surface area contributed by atoms with Crippen LogP contribution >= 0.6 is 0 Å². The number of aliphatic hydroxyl groups is 1. The molecule has 0 saturated carbocycles. The van der Waals surface area contributed by atoms with Crippen molar-refractivity contribution in [2.75, 3.05) is 18.5 Å². The van der Waals surface area contributed by atoms with Gasteiger partial charge in [0, 0.05) is 25.0 Å². The largest absolute Gasteiger partial charge is 0.477 e. The summed E-state index contributed by atoms with van der Waals surface area (Å²) < 4.78 is 0. The molecule has 15 heavy (non-hydrogen) atoms. The molecule has 0 saturated heterocycles. The molecule has 0 amide bonds. The fourth-order valence-corrected chi connectivity index (χ4v) is 1.13. The van der Waals surface area contributed by atoms with E-state index in [4.69, 9.17) is 10.2 Å². The first-order valence-corrected chi connectivity index (χ1v) is 4.78. The number of pyridine rings is 1. The van der Waals surface area contributed by atoms with Crippen molar-refractivity contribution in [3.05, 3.63) is 24.0 Å². The minimum atomic E-state index is -1.03. The molecule has 0 aliphatic rings. The van der Waals surface area contributed by atoms with Crippen molar-refractivity contribution in [2.24, 2.45) is 0 Å². The summed E-state index contributed by atoms with van der Waals surface area (Å²) >= 11 is 0. The minimum Gasteiger partial charge on any atom is -0.477 e. The Morgan fingerprint density at radius 1 is 1.47 bits per heavy atom. The van der Waals surface area contributed by atoms with Crippen molar-refractivity contribution in [1.29, 1.82) is 0 Å². The lowest BCUT2D eigenvalue weighted by Crippen LogP contribution is -2.05. The fourth-order valence-electron chi connectivity index (χ4n) is 1.13. The Morgan fingerprint density at radius 2 is 2.27 bits per heavy atom. The van der Waals surface area contributed by atoms with Crippen LogP contribution in [0, 0.1) is 0 Å². The Hall–Kier alpha value is -1.62. The molecular formula is C10H14N2O3. The van der Waals surface area contributed by atoms with Crippen molar-refractivity contribution >= 4 is 11.7 Å². The Morgan fingerprint density at radius 3 is 2.93 bits per heavy atom. The van der Waals surface area contributed by atoms with Gasteiger partial charge < -0.3 is 15.5 Å². The Balaban J connectivity index is 2.47. The maximum absolute atomic E-state index is 10.6. The first kappa shape index (κ1) is 11.5. The van der Waals surface area contributed by atoms with Crippen LogP contribution in [0.2, 0.25) is 0 Å². The van der Waals surface area contributed by atoms with Crippen LogP contribution in [0.25, 0.3) is 0 Å². The molecule has 0 radical (unpaired) electrons. The van der Waals surface area contributed by atoms with Crippen LogP contribution in [-0.4, -0.2) is 34.3 Å². The molecule has 1 aromatic heterocycles. The second-order valence-corrected chi connectivity index (χ2v) is 3.09. The predicted molar refractivity (Wildman–Crippen MR) is 56.0 cm³/mol. The molecule has 1 rings (SSSR count). The van der Waals surface area contributed by atoms with E-state index >= 15 is 0 Å². The van der Waals surface area contributed by atoms with Gasteiger partial charge in [0.05, 0.1) is 0 Å². The van der Waals surface area contributed by atoms with Crippen LogP contribution in [0.4, 0.5) is 5.69 Å². The van der Waals surface area contributed by atoms with Crippen LogP contribution in [0.3, 0.4) is 0 Å². The van der Waals surface area contributed by atoms with Gasteiger partial charge in [0.2, 0.25) is 0 Å². The summed E-state index contributed by atoms with van der Waals surface area (Å²) in [6, 6.07) is 3.20. The molecule has 3 N–H and O–H groups in total. The Labute approximate surface area is 87.8 Å². The van der Waals surface area contributed by atoms with Crippen LogP contribution in [0.15, 0.2) is 18.3 Å². The highest BCUT2D eigenvalue weighted by Crippen LogP contribution is 2.07. The zero-order chi connectivity index (χ0) is 11.1. The number of aliphatic hydroxyl groups excluding tert-OH is 1. The molecule has 0 bridgehead atoms. The Kier molecular flexibility index (Phi) is 4.56. The van der Waals surface area contributed by atoms with Gasteiger partial charge in [-0.25, -0.2) is 9.78 Å². The lowest BCUT2D eigenvalue weighted by atomic mass is 10.3. The molecular weight excluding hydrogens is 196 g/mol. The van der Waals surface area contributed by atoms with E-state index in [1.165, 1.54) is 12.3 Å². The van der Waals surface area contributed by atoms with Crippen molar-refractivity contribution in [3.63, 3.8) is 0 Å². The summed E-state index contributed by atoms with van der Waals surface area (Å²) in [6.45, 7) is 0.891. The van der Waals surface area contributed by atoms with Gasteiger partial charge in [0.1, 0.15) is 5.69 Å². The number of carboxylic acids is 1. The lowest BCUT2D eigenvalue weighted by Gasteiger charge is -2.05. The molecule has 5 nitrogen and oxygen atoms in total. The lowest BCUT2D eigenvalue weighted by molar-refractivity contribution is 0.0690. The third-order valence-electron chi connectivity index (χ3n) is 1.89. The summed E-state index contributed by atoms with van der Waals surface area (Å²) in [6.07, 6.45) is 3.04. The number of rotatable bonds is 6. The van der Waals surface area contributed by atoms with E-state index in [2.05, 4.69) is 10.3 Å². The summed E-state index contributed by atoms with van der Waals surface area (Å²) in [5, 5.41) is 20.3. The van der Waals surface area contributed by atoms with E-state index < -0.39 is 5.97 Å². The summed E-state index contributed by atoms with van der Waals surface area (Å²) in [7, 11) is 0.